The molecule has 0 aromatic heterocycles. The fraction of sp³-hybridized carbons (Fsp3) is 0.500. The van der Waals surface area contributed by atoms with Gasteiger partial charge in [0.05, 0.1) is 0 Å². The predicted molar refractivity (Wildman–Crippen MR) is 78.5 cm³/mol. The Kier molecular flexibility index (Phi) is 3.71. The third-order valence-corrected chi connectivity index (χ3v) is 4.19. The van der Waals surface area contributed by atoms with Crippen LogP contribution in [0.2, 0.25) is 0 Å². The van der Waals surface area contributed by atoms with Gasteiger partial charge in [0.15, 0.2) is 0 Å². The normalized spacial score (nSPS) is 12.4. The molecule has 17 heavy (non-hydrogen) atoms. The summed E-state index contributed by atoms with van der Waals surface area (Å²) in [7, 11) is 2.16. The number of para-hydroxylation sites is 1. The van der Waals surface area contributed by atoms with E-state index in [0.29, 0.717) is 0 Å². The fourth-order valence-electron chi connectivity index (χ4n) is 1.77. The summed E-state index contributed by atoms with van der Waals surface area (Å²) in [6, 6.07) is 8.40. The number of hydrogen-bond acceptors (Lipinski definition) is 1. The number of hydrogen-bond donors (Lipinski definition) is 0. The molecule has 0 N–H and O–H groups in total. The van der Waals surface area contributed by atoms with Gasteiger partial charge in [-0.1, -0.05) is 51.6 Å². The Bertz CT molecular complexity index is 396. The molecule has 0 aliphatic rings. The Morgan fingerprint density at radius 3 is 2.06 bits per heavy atom. The van der Waals surface area contributed by atoms with Crippen molar-refractivity contribution in [2.24, 2.45) is 5.41 Å². The minimum atomic E-state index is 0.0755. The maximum absolute atomic E-state index is 3.89. The van der Waals surface area contributed by atoms with Gasteiger partial charge in [-0.05, 0) is 30.9 Å². The zero-order chi connectivity index (χ0) is 13.3. The lowest BCUT2D eigenvalue weighted by atomic mass is 9.75. The van der Waals surface area contributed by atoms with Crippen molar-refractivity contribution in [1.29, 1.82) is 0 Å². The molecule has 0 spiro atoms. The molecule has 0 unspecified atom stereocenters. The number of rotatable bonds is 3. The zero-order valence-electron chi connectivity index (χ0n) is 12.0. The molecule has 0 aliphatic heterocycles. The Balaban J connectivity index is 3.21. The smallest absolute Gasteiger partial charge is 0.0441 e. The van der Waals surface area contributed by atoms with Crippen LogP contribution in [-0.4, -0.2) is 12.6 Å². The van der Waals surface area contributed by atoms with Crippen LogP contribution in [0.5, 0.6) is 0 Å². The summed E-state index contributed by atoms with van der Waals surface area (Å²) < 4.78 is 0. The molecule has 0 amide bonds. The van der Waals surface area contributed by atoms with Crippen molar-refractivity contribution < 1.29 is 0 Å². The lowest BCUT2D eigenvalue weighted by Gasteiger charge is -2.47. The van der Waals surface area contributed by atoms with Gasteiger partial charge < -0.3 is 4.90 Å². The van der Waals surface area contributed by atoms with Crippen LogP contribution in [0.3, 0.4) is 0 Å². The number of benzene rings is 1. The van der Waals surface area contributed by atoms with E-state index in [0.717, 1.165) is 0 Å². The topological polar surface area (TPSA) is 3.24 Å². The monoisotopic (exact) mass is 231 g/mol. The summed E-state index contributed by atoms with van der Waals surface area (Å²) in [6.45, 7) is 15.3. The van der Waals surface area contributed by atoms with Crippen molar-refractivity contribution in [3.8, 4) is 0 Å². The van der Waals surface area contributed by atoms with Gasteiger partial charge in [0, 0.05) is 18.3 Å². The van der Waals surface area contributed by atoms with Gasteiger partial charge in [-0.25, -0.2) is 0 Å². The van der Waals surface area contributed by atoms with E-state index >= 15 is 0 Å². The average Bonchev–Trinajstić information content (AvgIpc) is 2.26. The van der Waals surface area contributed by atoms with E-state index in [1.165, 1.54) is 11.3 Å². The highest BCUT2D eigenvalue weighted by molar-refractivity contribution is 5.67. The van der Waals surface area contributed by atoms with Crippen molar-refractivity contribution in [3.63, 3.8) is 0 Å². The van der Waals surface area contributed by atoms with Crippen LogP contribution in [0, 0.1) is 5.41 Å². The molecule has 1 rings (SSSR count). The Labute approximate surface area is 106 Å². The molecule has 0 aliphatic carbocycles. The Hall–Kier alpha value is -1.24. The fourth-order valence-corrected chi connectivity index (χ4v) is 1.77. The molecule has 0 atom stereocenters. The SMILES string of the molecule is C=Cc1ccccc1N(C)C(C)(C)C(C)(C)C. The summed E-state index contributed by atoms with van der Waals surface area (Å²) in [6.07, 6.45) is 1.92. The number of nitrogens with zero attached hydrogens (tertiary/aromatic N) is 1. The second-order valence-corrected chi connectivity index (χ2v) is 6.13. The van der Waals surface area contributed by atoms with Crippen LogP contribution in [0.15, 0.2) is 30.8 Å². The third-order valence-electron chi connectivity index (χ3n) is 4.19. The lowest BCUT2D eigenvalue weighted by molar-refractivity contribution is 0.221. The molecular weight excluding hydrogens is 206 g/mol. The average molecular weight is 231 g/mol. The molecule has 0 heterocycles. The van der Waals surface area contributed by atoms with Crippen LogP contribution < -0.4 is 4.90 Å². The molecule has 0 fully saturated rings. The van der Waals surface area contributed by atoms with Gasteiger partial charge in [-0.2, -0.15) is 0 Å². The van der Waals surface area contributed by atoms with Crippen molar-refractivity contribution >= 4 is 11.8 Å². The molecule has 0 saturated heterocycles. The molecule has 1 aromatic carbocycles. The van der Waals surface area contributed by atoms with Crippen molar-refractivity contribution in [1.82, 2.24) is 0 Å². The Morgan fingerprint density at radius 2 is 1.59 bits per heavy atom. The van der Waals surface area contributed by atoms with Gasteiger partial charge in [-0.3, -0.25) is 0 Å². The molecule has 1 heteroatoms. The molecule has 0 saturated carbocycles. The Morgan fingerprint density at radius 1 is 1.06 bits per heavy atom. The van der Waals surface area contributed by atoms with Gasteiger partial charge in [0.25, 0.3) is 0 Å². The summed E-state index contributed by atoms with van der Waals surface area (Å²) in [5, 5.41) is 0. The van der Waals surface area contributed by atoms with Crippen LogP contribution in [0.4, 0.5) is 5.69 Å². The molecular formula is C16H25N. The van der Waals surface area contributed by atoms with Gasteiger partial charge >= 0.3 is 0 Å². The predicted octanol–water partition coefficient (Wildman–Crippen LogP) is 4.59. The summed E-state index contributed by atoms with van der Waals surface area (Å²) in [4.78, 5) is 2.35. The standard InChI is InChI=1S/C16H25N/c1-8-13-11-9-10-12-14(13)17(7)16(5,6)15(2,3)4/h8-12H,1H2,2-7H3. The first kappa shape index (κ1) is 13.8. The van der Waals surface area contributed by atoms with Crippen molar-refractivity contribution in [2.45, 2.75) is 40.2 Å². The highest BCUT2D eigenvalue weighted by Crippen LogP contribution is 2.38. The van der Waals surface area contributed by atoms with Crippen molar-refractivity contribution in [2.75, 3.05) is 11.9 Å². The molecule has 1 nitrogen and oxygen atoms in total. The molecule has 0 bridgehead atoms. The summed E-state index contributed by atoms with van der Waals surface area (Å²) in [5.41, 5.74) is 2.71. The van der Waals surface area contributed by atoms with Gasteiger partial charge in [0.2, 0.25) is 0 Å². The lowest BCUT2D eigenvalue weighted by Crippen LogP contribution is -2.51. The van der Waals surface area contributed by atoms with Crippen LogP contribution >= 0.6 is 0 Å². The summed E-state index contributed by atoms with van der Waals surface area (Å²) >= 11 is 0. The number of anilines is 1. The second kappa shape index (κ2) is 4.56. The first-order valence-corrected chi connectivity index (χ1v) is 6.17. The summed E-state index contributed by atoms with van der Waals surface area (Å²) in [5.74, 6) is 0. The van der Waals surface area contributed by atoms with E-state index in [2.05, 4.69) is 77.4 Å². The highest BCUT2D eigenvalue weighted by atomic mass is 15.2. The maximum Gasteiger partial charge on any atom is 0.0441 e. The zero-order valence-corrected chi connectivity index (χ0v) is 12.0. The van der Waals surface area contributed by atoms with E-state index in [1.807, 2.05) is 6.08 Å². The van der Waals surface area contributed by atoms with Gasteiger partial charge in [0.1, 0.15) is 0 Å². The van der Waals surface area contributed by atoms with Crippen LogP contribution in [-0.2, 0) is 0 Å². The molecule has 0 radical (unpaired) electrons. The first-order valence-electron chi connectivity index (χ1n) is 6.17. The van der Waals surface area contributed by atoms with Crippen LogP contribution in [0.25, 0.3) is 6.08 Å². The third kappa shape index (κ3) is 2.54. The molecule has 94 valence electrons. The quantitative estimate of drug-likeness (QED) is 0.735. The van der Waals surface area contributed by atoms with Crippen LogP contribution in [0.1, 0.15) is 40.2 Å². The first-order chi connectivity index (χ1) is 7.71. The van der Waals surface area contributed by atoms with E-state index in [1.54, 1.807) is 0 Å². The maximum atomic E-state index is 3.89. The van der Waals surface area contributed by atoms with E-state index in [-0.39, 0.29) is 11.0 Å². The highest BCUT2D eigenvalue weighted by Gasteiger charge is 2.37. The largest absolute Gasteiger partial charge is 0.368 e. The second-order valence-electron chi connectivity index (χ2n) is 6.13. The van der Waals surface area contributed by atoms with Crippen molar-refractivity contribution in [3.05, 3.63) is 36.4 Å². The van der Waals surface area contributed by atoms with E-state index in [9.17, 15) is 0 Å². The van der Waals surface area contributed by atoms with E-state index < -0.39 is 0 Å². The molecule has 1 aromatic rings. The van der Waals surface area contributed by atoms with E-state index in [4.69, 9.17) is 0 Å². The van der Waals surface area contributed by atoms with Gasteiger partial charge in [-0.15, -0.1) is 0 Å². The minimum Gasteiger partial charge on any atom is -0.368 e. The minimum absolute atomic E-state index is 0.0755.